The lowest BCUT2D eigenvalue weighted by atomic mass is 10.0. The molecule has 1 saturated carbocycles. The van der Waals surface area contributed by atoms with E-state index in [-0.39, 0.29) is 5.84 Å². The Kier molecular flexibility index (Phi) is 10.3. The third kappa shape index (κ3) is 7.19. The average Bonchev–Trinajstić information content (AvgIpc) is 3.64. The summed E-state index contributed by atoms with van der Waals surface area (Å²) in [4.78, 5) is 8.92. The average molecular weight is 537 g/mol. The van der Waals surface area contributed by atoms with Crippen molar-refractivity contribution in [2.45, 2.75) is 64.7 Å². The molecule has 0 atom stereocenters. The second-order valence-corrected chi connectivity index (χ2v) is 10.7. The molecular formula is C30H40N4O3S. The van der Waals surface area contributed by atoms with E-state index in [9.17, 15) is 0 Å². The summed E-state index contributed by atoms with van der Waals surface area (Å²) in [6.07, 6.45) is 8.15. The van der Waals surface area contributed by atoms with Crippen molar-refractivity contribution in [3.63, 3.8) is 0 Å². The molecule has 3 aromatic rings. The summed E-state index contributed by atoms with van der Waals surface area (Å²) >= 11 is 1.89. The van der Waals surface area contributed by atoms with Crippen LogP contribution in [-0.4, -0.2) is 42.3 Å². The molecule has 3 N–H and O–H groups in total. The van der Waals surface area contributed by atoms with Crippen LogP contribution in [0.25, 0.3) is 11.3 Å². The maximum absolute atomic E-state index is 8.73. The predicted octanol–water partition coefficient (Wildman–Crippen LogP) is 7.04. The smallest absolute Gasteiger partial charge is 0.186 e. The second-order valence-electron chi connectivity index (χ2n) is 9.65. The van der Waals surface area contributed by atoms with E-state index in [0.717, 1.165) is 54.7 Å². The first-order chi connectivity index (χ1) is 18.6. The minimum absolute atomic E-state index is 0.0903. The molecule has 38 heavy (non-hydrogen) atoms. The molecule has 7 nitrogen and oxygen atoms in total. The fourth-order valence-corrected chi connectivity index (χ4v) is 6.25. The van der Waals surface area contributed by atoms with Crippen LogP contribution in [0.2, 0.25) is 0 Å². The minimum Gasteiger partial charge on any atom is -0.494 e. The van der Waals surface area contributed by atoms with E-state index in [4.69, 9.17) is 25.4 Å². The van der Waals surface area contributed by atoms with Gasteiger partial charge in [0.1, 0.15) is 11.5 Å². The molecule has 0 aliphatic heterocycles. The van der Waals surface area contributed by atoms with Crippen LogP contribution >= 0.6 is 11.3 Å². The molecule has 0 unspecified atom stereocenters. The number of thiazole rings is 1. The first-order valence-electron chi connectivity index (χ1n) is 13.8. The highest BCUT2D eigenvalue weighted by atomic mass is 32.1. The molecule has 1 aliphatic rings. The quantitative estimate of drug-likeness (QED) is 0.0755. The maximum Gasteiger partial charge on any atom is 0.186 e. The predicted molar refractivity (Wildman–Crippen MR) is 156 cm³/mol. The highest BCUT2D eigenvalue weighted by Crippen LogP contribution is 2.44. The van der Waals surface area contributed by atoms with Gasteiger partial charge < -0.3 is 25.3 Å². The van der Waals surface area contributed by atoms with Gasteiger partial charge in [-0.2, -0.15) is 0 Å². The molecule has 0 amide bonds. The van der Waals surface area contributed by atoms with Crippen LogP contribution in [0.15, 0.2) is 53.7 Å². The van der Waals surface area contributed by atoms with Crippen molar-refractivity contribution in [2.24, 2.45) is 10.9 Å². The fraction of sp³-hybridized carbons (Fsp3) is 0.467. The molecule has 1 heterocycles. The zero-order valence-electron chi connectivity index (χ0n) is 22.6. The van der Waals surface area contributed by atoms with Gasteiger partial charge in [-0.25, -0.2) is 4.98 Å². The molecule has 0 spiro atoms. The van der Waals surface area contributed by atoms with Gasteiger partial charge in [-0.15, -0.1) is 11.3 Å². The number of hydrogen-bond donors (Lipinski definition) is 2. The van der Waals surface area contributed by atoms with Crippen LogP contribution in [0.3, 0.4) is 0 Å². The van der Waals surface area contributed by atoms with E-state index >= 15 is 0 Å². The largest absolute Gasteiger partial charge is 0.494 e. The number of aromatic nitrogens is 1. The summed E-state index contributed by atoms with van der Waals surface area (Å²) < 4.78 is 11.8. The lowest BCUT2D eigenvalue weighted by Gasteiger charge is -2.16. The number of nitrogens with two attached hydrogens (primary N) is 1. The van der Waals surface area contributed by atoms with Crippen LogP contribution in [0, 0.1) is 0 Å². The molecule has 0 bridgehead atoms. The Bertz CT molecular complexity index is 1150. The first-order valence-corrected chi connectivity index (χ1v) is 14.6. The molecule has 4 rings (SSSR count). The lowest BCUT2D eigenvalue weighted by Crippen LogP contribution is -2.21. The number of hydrogen-bond acceptors (Lipinski definition) is 7. The van der Waals surface area contributed by atoms with Crippen molar-refractivity contribution in [2.75, 3.05) is 31.2 Å². The molecule has 204 valence electrons. The summed E-state index contributed by atoms with van der Waals surface area (Å²) in [5.74, 6) is 2.41. The van der Waals surface area contributed by atoms with Crippen molar-refractivity contribution < 1.29 is 14.7 Å². The van der Waals surface area contributed by atoms with Gasteiger partial charge in [0, 0.05) is 29.1 Å². The van der Waals surface area contributed by atoms with E-state index in [1.807, 2.05) is 23.5 Å². The normalized spacial score (nSPS) is 14.1. The molecule has 2 aromatic carbocycles. The van der Waals surface area contributed by atoms with Gasteiger partial charge in [0.05, 0.1) is 18.9 Å². The van der Waals surface area contributed by atoms with Gasteiger partial charge in [-0.1, -0.05) is 18.0 Å². The molecular weight excluding hydrogens is 496 g/mol. The van der Waals surface area contributed by atoms with Crippen LogP contribution < -0.4 is 20.1 Å². The number of nitrogens with zero attached hydrogens (tertiary/aromatic N) is 3. The van der Waals surface area contributed by atoms with E-state index in [1.54, 1.807) is 12.1 Å². The Hall–Kier alpha value is -3.26. The van der Waals surface area contributed by atoms with Crippen molar-refractivity contribution in [3.8, 4) is 22.8 Å². The molecule has 0 radical (unpaired) electrons. The molecule has 1 fully saturated rings. The fourth-order valence-electron chi connectivity index (χ4n) is 4.87. The van der Waals surface area contributed by atoms with Crippen LogP contribution in [0.4, 0.5) is 5.13 Å². The van der Waals surface area contributed by atoms with Crippen LogP contribution in [0.5, 0.6) is 11.5 Å². The highest BCUT2D eigenvalue weighted by molar-refractivity contribution is 7.16. The third-order valence-electron chi connectivity index (χ3n) is 7.11. The number of ether oxygens (including phenoxy) is 2. The van der Waals surface area contributed by atoms with E-state index in [0.29, 0.717) is 24.7 Å². The molecule has 1 aromatic heterocycles. The molecule has 0 saturated heterocycles. The van der Waals surface area contributed by atoms with Gasteiger partial charge in [0.25, 0.3) is 0 Å². The number of benzene rings is 2. The van der Waals surface area contributed by atoms with Crippen LogP contribution in [0.1, 0.15) is 75.2 Å². The Morgan fingerprint density at radius 2 is 1.53 bits per heavy atom. The number of anilines is 1. The summed E-state index contributed by atoms with van der Waals surface area (Å²) in [5.41, 5.74) is 8.59. The summed E-state index contributed by atoms with van der Waals surface area (Å²) in [5, 5.41) is 12.9. The highest BCUT2D eigenvalue weighted by Gasteiger charge is 2.25. The van der Waals surface area contributed by atoms with Gasteiger partial charge >= 0.3 is 0 Å². The number of amidine groups is 1. The van der Waals surface area contributed by atoms with Gasteiger partial charge in [-0.05, 0) is 100 Å². The molecule has 1 aliphatic carbocycles. The van der Waals surface area contributed by atoms with Gasteiger partial charge in [-0.3, -0.25) is 0 Å². The van der Waals surface area contributed by atoms with Gasteiger partial charge in [0.15, 0.2) is 11.0 Å². The minimum atomic E-state index is 0.0903. The lowest BCUT2D eigenvalue weighted by molar-refractivity contribution is 0.279. The summed E-state index contributed by atoms with van der Waals surface area (Å²) in [6, 6.07) is 15.7. The topological polar surface area (TPSA) is 93.2 Å². The summed E-state index contributed by atoms with van der Waals surface area (Å²) in [6.45, 7) is 7.69. The molecule has 8 heteroatoms. The standard InChI is InChI=1S/C30H40N4O3S/c1-3-34(4-2)30-32-27(28(38-30)23-10-6-7-11-23)22-12-16-25(17-13-22)36-20-8-5-9-21-37-26-18-14-24(15-19-26)29(31)33-35/h12-19,23,35H,3-11,20-21H2,1-2H3,(H2,31,33). The monoisotopic (exact) mass is 536 g/mol. The Balaban J connectivity index is 1.23. The summed E-state index contributed by atoms with van der Waals surface area (Å²) in [7, 11) is 0. The Morgan fingerprint density at radius 1 is 0.947 bits per heavy atom. The Labute approximate surface area is 230 Å². The van der Waals surface area contributed by atoms with Crippen molar-refractivity contribution in [1.82, 2.24) is 4.98 Å². The number of oxime groups is 1. The third-order valence-corrected chi connectivity index (χ3v) is 8.39. The van der Waals surface area contributed by atoms with E-state index in [1.165, 1.54) is 36.1 Å². The van der Waals surface area contributed by atoms with E-state index in [2.05, 4.69) is 48.2 Å². The SMILES string of the molecule is CCN(CC)c1nc(-c2ccc(OCCCCCOc3ccc(C(N)=NO)cc3)cc2)c(C2CCCC2)s1. The number of unbranched alkanes of at least 4 members (excludes halogenated alkanes) is 2. The van der Waals surface area contributed by atoms with E-state index < -0.39 is 0 Å². The number of rotatable bonds is 14. The van der Waals surface area contributed by atoms with Crippen LogP contribution in [-0.2, 0) is 0 Å². The zero-order chi connectivity index (χ0) is 26.7. The van der Waals surface area contributed by atoms with Crippen molar-refractivity contribution >= 4 is 22.3 Å². The maximum atomic E-state index is 8.73. The zero-order valence-corrected chi connectivity index (χ0v) is 23.4. The van der Waals surface area contributed by atoms with Crippen molar-refractivity contribution in [1.29, 1.82) is 0 Å². The van der Waals surface area contributed by atoms with Crippen molar-refractivity contribution in [3.05, 3.63) is 59.0 Å². The second kappa shape index (κ2) is 14.0. The first kappa shape index (κ1) is 27.8. The van der Waals surface area contributed by atoms with Gasteiger partial charge in [0.2, 0.25) is 0 Å². The Morgan fingerprint density at radius 3 is 2.08 bits per heavy atom.